The third-order valence-electron chi connectivity index (χ3n) is 6.68. The van der Waals surface area contributed by atoms with E-state index in [1.54, 1.807) is 11.3 Å². The predicted octanol–water partition coefficient (Wildman–Crippen LogP) is 3.95. The number of piperidine rings is 1. The molecule has 0 radical (unpaired) electrons. The normalized spacial score (nSPS) is 22.9. The van der Waals surface area contributed by atoms with Crippen LogP contribution in [0.1, 0.15) is 55.3 Å². The van der Waals surface area contributed by atoms with Crippen LogP contribution in [-0.4, -0.2) is 47.8 Å². The second-order valence-corrected chi connectivity index (χ2v) is 9.00. The van der Waals surface area contributed by atoms with E-state index in [0.717, 1.165) is 51.0 Å². The summed E-state index contributed by atoms with van der Waals surface area (Å²) in [4.78, 5) is 28.9. The van der Waals surface area contributed by atoms with Gasteiger partial charge in [-0.1, -0.05) is 12.2 Å². The van der Waals surface area contributed by atoms with Crippen LogP contribution in [0.25, 0.3) is 0 Å². The van der Waals surface area contributed by atoms with Crippen LogP contribution < -0.4 is 0 Å². The first kappa shape index (κ1) is 17.8. The highest BCUT2D eigenvalue weighted by Gasteiger charge is 2.39. The van der Waals surface area contributed by atoms with Crippen LogP contribution in [0.5, 0.6) is 0 Å². The van der Waals surface area contributed by atoms with Crippen molar-refractivity contribution >= 4 is 23.2 Å². The Morgan fingerprint density at radius 2 is 1.73 bits per heavy atom. The van der Waals surface area contributed by atoms with Gasteiger partial charge < -0.3 is 9.80 Å². The maximum atomic E-state index is 12.5. The Morgan fingerprint density at radius 3 is 2.35 bits per heavy atom. The van der Waals surface area contributed by atoms with Gasteiger partial charge in [0.05, 0.1) is 5.56 Å². The molecule has 2 aliphatic heterocycles. The lowest BCUT2D eigenvalue weighted by molar-refractivity contribution is -0.131. The highest BCUT2D eigenvalue weighted by atomic mass is 32.1. The topological polar surface area (TPSA) is 40.6 Å². The minimum Gasteiger partial charge on any atom is -0.339 e. The molecular weight excluding hydrogens is 344 g/mol. The summed E-state index contributed by atoms with van der Waals surface area (Å²) in [6.45, 7) is 3.36. The standard InChI is InChI=1S/C21H28N2O2S/c24-19(22-10-1-2-11-22)15-17-3-6-21(7-4-17)8-12-23(13-9-21)20(25)18-5-14-26-16-18/h1-2,5,14,16-17H,3-4,6-13,15H2. The smallest absolute Gasteiger partial charge is 0.254 e. The Hall–Kier alpha value is -1.62. The summed E-state index contributed by atoms with van der Waals surface area (Å²) in [5, 5.41) is 3.92. The van der Waals surface area contributed by atoms with E-state index in [1.807, 2.05) is 26.6 Å². The van der Waals surface area contributed by atoms with E-state index >= 15 is 0 Å². The molecule has 26 heavy (non-hydrogen) atoms. The third kappa shape index (κ3) is 3.73. The molecule has 3 heterocycles. The van der Waals surface area contributed by atoms with Crippen LogP contribution in [0.4, 0.5) is 0 Å². The summed E-state index contributed by atoms with van der Waals surface area (Å²) in [6.07, 6.45) is 11.9. The van der Waals surface area contributed by atoms with Crippen molar-refractivity contribution in [2.75, 3.05) is 26.2 Å². The molecule has 0 unspecified atom stereocenters. The summed E-state index contributed by atoms with van der Waals surface area (Å²) in [5.74, 6) is 1.07. The number of thiophene rings is 1. The fourth-order valence-corrected chi connectivity index (χ4v) is 5.43. The van der Waals surface area contributed by atoms with E-state index in [9.17, 15) is 9.59 Å². The van der Waals surface area contributed by atoms with Crippen molar-refractivity contribution in [3.63, 3.8) is 0 Å². The van der Waals surface area contributed by atoms with E-state index in [1.165, 1.54) is 25.7 Å². The zero-order valence-electron chi connectivity index (χ0n) is 15.4. The van der Waals surface area contributed by atoms with Crippen LogP contribution in [-0.2, 0) is 4.79 Å². The average Bonchev–Trinajstić information content (AvgIpc) is 3.38. The summed E-state index contributed by atoms with van der Waals surface area (Å²) < 4.78 is 0. The van der Waals surface area contributed by atoms with Crippen LogP contribution in [0, 0.1) is 11.3 Å². The van der Waals surface area contributed by atoms with Gasteiger partial charge in [0.1, 0.15) is 0 Å². The third-order valence-corrected chi connectivity index (χ3v) is 7.36. The predicted molar refractivity (Wildman–Crippen MR) is 104 cm³/mol. The maximum absolute atomic E-state index is 12.5. The van der Waals surface area contributed by atoms with Crippen LogP contribution in [0.3, 0.4) is 0 Å². The van der Waals surface area contributed by atoms with Crippen molar-refractivity contribution in [2.24, 2.45) is 11.3 Å². The molecule has 0 bridgehead atoms. The molecule has 1 spiro atoms. The summed E-state index contributed by atoms with van der Waals surface area (Å²) in [6, 6.07) is 1.93. The van der Waals surface area contributed by atoms with Gasteiger partial charge in [0, 0.05) is 38.0 Å². The molecule has 1 saturated carbocycles. The van der Waals surface area contributed by atoms with Gasteiger partial charge >= 0.3 is 0 Å². The van der Waals surface area contributed by atoms with Gasteiger partial charge in [-0.15, -0.1) is 0 Å². The lowest BCUT2D eigenvalue weighted by atomic mass is 9.65. The van der Waals surface area contributed by atoms with Gasteiger partial charge in [-0.05, 0) is 61.3 Å². The Bertz CT molecular complexity index is 656. The molecule has 2 fully saturated rings. The number of hydrogen-bond acceptors (Lipinski definition) is 3. The molecular formula is C21H28N2O2S. The number of amides is 2. The number of hydrogen-bond donors (Lipinski definition) is 0. The number of rotatable bonds is 3. The Morgan fingerprint density at radius 1 is 1.04 bits per heavy atom. The van der Waals surface area contributed by atoms with Crippen molar-refractivity contribution in [1.29, 1.82) is 0 Å². The highest BCUT2D eigenvalue weighted by Crippen LogP contribution is 2.47. The molecule has 4 nitrogen and oxygen atoms in total. The van der Waals surface area contributed by atoms with Gasteiger partial charge in [0.25, 0.3) is 5.91 Å². The van der Waals surface area contributed by atoms with Crippen molar-refractivity contribution in [3.05, 3.63) is 34.5 Å². The van der Waals surface area contributed by atoms with Gasteiger partial charge in [0.15, 0.2) is 0 Å². The number of nitrogens with zero attached hydrogens (tertiary/aromatic N) is 2. The highest BCUT2D eigenvalue weighted by molar-refractivity contribution is 7.08. The summed E-state index contributed by atoms with van der Waals surface area (Å²) >= 11 is 1.59. The quantitative estimate of drug-likeness (QED) is 0.754. The second-order valence-electron chi connectivity index (χ2n) is 8.22. The fourth-order valence-electron chi connectivity index (χ4n) is 4.80. The van der Waals surface area contributed by atoms with E-state index in [4.69, 9.17) is 0 Å². The van der Waals surface area contributed by atoms with E-state index in [2.05, 4.69) is 12.2 Å². The number of carbonyl (C=O) groups excluding carboxylic acids is 2. The van der Waals surface area contributed by atoms with Crippen LogP contribution in [0.15, 0.2) is 29.0 Å². The first-order valence-corrected chi connectivity index (χ1v) is 10.8. The molecule has 1 saturated heterocycles. The molecule has 1 aliphatic carbocycles. The monoisotopic (exact) mass is 372 g/mol. The lowest BCUT2D eigenvalue weighted by Gasteiger charge is -2.46. The zero-order chi connectivity index (χ0) is 18.0. The number of carbonyl (C=O) groups is 2. The second kappa shape index (κ2) is 7.55. The number of likely N-dealkylation sites (tertiary alicyclic amines) is 1. The van der Waals surface area contributed by atoms with Gasteiger partial charge in [-0.3, -0.25) is 9.59 Å². The van der Waals surface area contributed by atoms with Crippen LogP contribution in [0.2, 0.25) is 0 Å². The lowest BCUT2D eigenvalue weighted by Crippen LogP contribution is -2.44. The molecule has 3 aliphatic rings. The van der Waals surface area contributed by atoms with E-state index in [0.29, 0.717) is 17.2 Å². The summed E-state index contributed by atoms with van der Waals surface area (Å²) in [7, 11) is 0. The van der Waals surface area contributed by atoms with E-state index < -0.39 is 0 Å². The fraction of sp³-hybridized carbons (Fsp3) is 0.619. The van der Waals surface area contributed by atoms with Crippen molar-refractivity contribution in [3.8, 4) is 0 Å². The van der Waals surface area contributed by atoms with Gasteiger partial charge in [-0.2, -0.15) is 11.3 Å². The van der Waals surface area contributed by atoms with Crippen molar-refractivity contribution in [2.45, 2.75) is 44.9 Å². The van der Waals surface area contributed by atoms with Gasteiger partial charge in [0.2, 0.25) is 5.91 Å². The molecule has 0 aromatic carbocycles. The molecule has 0 atom stereocenters. The molecule has 5 heteroatoms. The molecule has 2 amide bonds. The Labute approximate surface area is 159 Å². The van der Waals surface area contributed by atoms with Crippen LogP contribution >= 0.6 is 11.3 Å². The molecule has 140 valence electrons. The minimum absolute atomic E-state index is 0.194. The summed E-state index contributed by atoms with van der Waals surface area (Å²) in [5.41, 5.74) is 1.25. The Kier molecular flexibility index (Phi) is 5.16. The largest absolute Gasteiger partial charge is 0.339 e. The molecule has 1 aromatic rings. The first-order valence-electron chi connectivity index (χ1n) is 9.89. The van der Waals surface area contributed by atoms with Crippen molar-refractivity contribution < 1.29 is 9.59 Å². The minimum atomic E-state index is 0.194. The first-order chi connectivity index (χ1) is 12.7. The van der Waals surface area contributed by atoms with Crippen molar-refractivity contribution in [1.82, 2.24) is 9.80 Å². The zero-order valence-corrected chi connectivity index (χ0v) is 16.2. The van der Waals surface area contributed by atoms with E-state index in [-0.39, 0.29) is 5.91 Å². The molecule has 0 N–H and O–H groups in total. The SMILES string of the molecule is O=C(CC1CCC2(CC1)CCN(C(=O)c1ccsc1)CC2)N1CC=CC1. The molecule has 1 aromatic heterocycles. The van der Waals surface area contributed by atoms with Gasteiger partial charge in [-0.25, -0.2) is 0 Å². The Balaban J connectivity index is 1.24. The average molecular weight is 373 g/mol. The molecule has 4 rings (SSSR count). The maximum Gasteiger partial charge on any atom is 0.254 e.